The maximum absolute atomic E-state index is 13.1. The van der Waals surface area contributed by atoms with Gasteiger partial charge in [-0.2, -0.15) is 0 Å². The van der Waals surface area contributed by atoms with Gasteiger partial charge in [0.25, 0.3) is 11.8 Å². The highest BCUT2D eigenvalue weighted by Gasteiger charge is 2.23. The van der Waals surface area contributed by atoms with E-state index < -0.39 is 0 Å². The van der Waals surface area contributed by atoms with Crippen molar-refractivity contribution in [2.45, 2.75) is 26.7 Å². The largest absolute Gasteiger partial charge is 0.339 e. The first-order valence-corrected chi connectivity index (χ1v) is 15.0. The van der Waals surface area contributed by atoms with E-state index in [1.165, 1.54) is 5.56 Å². The van der Waals surface area contributed by atoms with Crippen molar-refractivity contribution in [1.29, 1.82) is 0 Å². The number of hydrogen-bond donors (Lipinski definition) is 2. The summed E-state index contributed by atoms with van der Waals surface area (Å²) < 4.78 is 1.89. The van der Waals surface area contributed by atoms with Crippen LogP contribution >= 0.6 is 0 Å². The molecule has 0 unspecified atom stereocenters. The van der Waals surface area contributed by atoms with E-state index in [1.807, 2.05) is 77.5 Å². The van der Waals surface area contributed by atoms with Crippen LogP contribution in [0.3, 0.4) is 0 Å². The van der Waals surface area contributed by atoms with Crippen LogP contribution in [0.5, 0.6) is 0 Å². The van der Waals surface area contributed by atoms with E-state index in [4.69, 9.17) is 4.98 Å². The van der Waals surface area contributed by atoms with Crippen LogP contribution in [0.15, 0.2) is 91.4 Å². The molecule has 0 atom stereocenters. The maximum Gasteiger partial charge on any atom is 0.255 e. The number of amides is 3. The average molecular weight is 602 g/mol. The third-order valence-corrected chi connectivity index (χ3v) is 8.04. The topological polar surface area (TPSA) is 112 Å². The summed E-state index contributed by atoms with van der Waals surface area (Å²) in [6.45, 7) is 7.92. The van der Waals surface area contributed by atoms with Crippen LogP contribution < -0.4 is 10.6 Å². The summed E-state index contributed by atoms with van der Waals surface area (Å²) in [6.07, 6.45) is 5.46. The number of carbonyl (C=O) groups excluding carboxylic acids is 3. The molecule has 1 saturated heterocycles. The normalized spacial score (nSPS) is 13.2. The van der Waals surface area contributed by atoms with E-state index in [1.54, 1.807) is 35.1 Å². The van der Waals surface area contributed by atoms with Crippen molar-refractivity contribution >= 4 is 40.6 Å². The molecule has 1 fully saturated rings. The van der Waals surface area contributed by atoms with Crippen LogP contribution in [-0.2, 0) is 4.79 Å². The van der Waals surface area contributed by atoms with Crippen LogP contribution in [-0.4, -0.2) is 68.1 Å². The standard InChI is InChI=1S/C35H35N7O3/c1-23(2)25-7-9-26(10-8-25)34(44)38-30-6-4-5-28(21-30)31-22-42-16-15-36-33(42)32(39-31)37-29-13-11-27(12-14-29)35(45)41-19-17-40(18-20-41)24(3)43/h4-16,21-23H,17-20H2,1-3H3,(H,37,39)(H,38,44). The highest BCUT2D eigenvalue weighted by atomic mass is 16.2. The molecule has 3 aromatic carbocycles. The summed E-state index contributed by atoms with van der Waals surface area (Å²) in [5, 5.41) is 6.35. The zero-order chi connectivity index (χ0) is 31.5. The van der Waals surface area contributed by atoms with Crippen LogP contribution in [0, 0.1) is 0 Å². The summed E-state index contributed by atoms with van der Waals surface area (Å²) >= 11 is 0. The summed E-state index contributed by atoms with van der Waals surface area (Å²) in [4.78, 5) is 50.5. The van der Waals surface area contributed by atoms with E-state index in [-0.39, 0.29) is 17.7 Å². The van der Waals surface area contributed by atoms with Gasteiger partial charge in [0.1, 0.15) is 0 Å². The van der Waals surface area contributed by atoms with Crippen LogP contribution in [0.4, 0.5) is 17.2 Å². The van der Waals surface area contributed by atoms with Crippen molar-refractivity contribution in [2.24, 2.45) is 0 Å². The first-order valence-electron chi connectivity index (χ1n) is 15.0. The molecular formula is C35H35N7O3. The molecule has 6 rings (SSSR count). The van der Waals surface area contributed by atoms with E-state index in [2.05, 4.69) is 29.5 Å². The number of rotatable bonds is 7. The minimum absolute atomic E-state index is 0.0319. The molecule has 3 amide bonds. The highest BCUT2D eigenvalue weighted by Crippen LogP contribution is 2.27. The van der Waals surface area contributed by atoms with E-state index >= 15 is 0 Å². The Labute approximate surface area is 261 Å². The molecule has 2 aromatic heterocycles. The second-order valence-electron chi connectivity index (χ2n) is 11.4. The molecule has 5 aromatic rings. The monoisotopic (exact) mass is 601 g/mol. The average Bonchev–Trinajstić information content (AvgIpc) is 3.54. The predicted octanol–water partition coefficient (Wildman–Crippen LogP) is 5.82. The molecule has 10 heteroatoms. The number of benzene rings is 3. The number of anilines is 3. The minimum Gasteiger partial charge on any atom is -0.339 e. The smallest absolute Gasteiger partial charge is 0.255 e. The Kier molecular flexibility index (Phi) is 8.28. The molecule has 3 heterocycles. The summed E-state index contributed by atoms with van der Waals surface area (Å²) in [6, 6.07) is 22.5. The summed E-state index contributed by atoms with van der Waals surface area (Å²) in [7, 11) is 0. The maximum atomic E-state index is 13.1. The number of imidazole rings is 1. The molecule has 10 nitrogen and oxygen atoms in total. The number of nitrogens with one attached hydrogen (secondary N) is 2. The molecular weight excluding hydrogens is 566 g/mol. The number of hydrogen-bond acceptors (Lipinski definition) is 6. The highest BCUT2D eigenvalue weighted by molar-refractivity contribution is 6.04. The number of nitrogens with zero attached hydrogens (tertiary/aromatic N) is 5. The molecule has 1 aliphatic rings. The van der Waals surface area contributed by atoms with Crippen molar-refractivity contribution in [3.8, 4) is 11.3 Å². The lowest BCUT2D eigenvalue weighted by atomic mass is 10.0. The molecule has 0 spiro atoms. The summed E-state index contributed by atoms with van der Waals surface area (Å²) in [5.41, 5.74) is 5.95. The zero-order valence-corrected chi connectivity index (χ0v) is 25.5. The van der Waals surface area contributed by atoms with Gasteiger partial charge in [-0.1, -0.05) is 38.1 Å². The molecule has 45 heavy (non-hydrogen) atoms. The van der Waals surface area contributed by atoms with E-state index in [0.29, 0.717) is 66.1 Å². The molecule has 2 N–H and O–H groups in total. The first kappa shape index (κ1) is 29.6. The van der Waals surface area contributed by atoms with Gasteiger partial charge in [0.2, 0.25) is 5.91 Å². The van der Waals surface area contributed by atoms with Gasteiger partial charge in [0.05, 0.1) is 5.69 Å². The summed E-state index contributed by atoms with van der Waals surface area (Å²) in [5.74, 6) is 0.748. The molecule has 0 saturated carbocycles. The van der Waals surface area contributed by atoms with E-state index in [9.17, 15) is 14.4 Å². The molecule has 228 valence electrons. The fraction of sp³-hybridized carbons (Fsp3) is 0.229. The first-order chi connectivity index (χ1) is 21.7. The van der Waals surface area contributed by atoms with Gasteiger partial charge in [-0.3, -0.25) is 14.4 Å². The van der Waals surface area contributed by atoms with Gasteiger partial charge in [0.15, 0.2) is 11.5 Å². The Morgan fingerprint density at radius 1 is 0.822 bits per heavy atom. The second kappa shape index (κ2) is 12.6. The van der Waals surface area contributed by atoms with Gasteiger partial charge < -0.3 is 24.8 Å². The van der Waals surface area contributed by atoms with E-state index in [0.717, 1.165) is 11.3 Å². The van der Waals surface area contributed by atoms with Crippen molar-refractivity contribution in [2.75, 3.05) is 36.8 Å². The molecule has 0 aliphatic carbocycles. The molecule has 0 bridgehead atoms. The van der Waals surface area contributed by atoms with Gasteiger partial charge in [-0.25, -0.2) is 9.97 Å². The van der Waals surface area contributed by atoms with Crippen LogP contribution in [0.1, 0.15) is 53.0 Å². The van der Waals surface area contributed by atoms with Gasteiger partial charge in [0, 0.05) is 79.8 Å². The lowest BCUT2D eigenvalue weighted by Gasteiger charge is -2.34. The van der Waals surface area contributed by atoms with Crippen molar-refractivity contribution in [3.63, 3.8) is 0 Å². The lowest BCUT2D eigenvalue weighted by Crippen LogP contribution is -2.50. The lowest BCUT2D eigenvalue weighted by molar-refractivity contribution is -0.130. The fourth-order valence-electron chi connectivity index (χ4n) is 5.37. The van der Waals surface area contributed by atoms with Crippen LogP contribution in [0.2, 0.25) is 0 Å². The second-order valence-corrected chi connectivity index (χ2v) is 11.4. The predicted molar refractivity (Wildman–Crippen MR) is 175 cm³/mol. The quantitative estimate of drug-likeness (QED) is 0.243. The third-order valence-electron chi connectivity index (χ3n) is 8.04. The SMILES string of the molecule is CC(=O)N1CCN(C(=O)c2ccc(Nc3nc(-c4cccc(NC(=O)c5ccc(C(C)C)cc5)c4)cn4ccnc34)cc2)CC1. The minimum atomic E-state index is -0.178. The Bertz CT molecular complexity index is 1860. The van der Waals surface area contributed by atoms with Gasteiger partial charge in [-0.05, 0) is 60.0 Å². The number of aromatic nitrogens is 3. The zero-order valence-electron chi connectivity index (χ0n) is 25.5. The van der Waals surface area contributed by atoms with Crippen LogP contribution in [0.25, 0.3) is 16.9 Å². The molecule has 0 radical (unpaired) electrons. The van der Waals surface area contributed by atoms with Gasteiger partial charge >= 0.3 is 0 Å². The Morgan fingerprint density at radius 2 is 1.51 bits per heavy atom. The Balaban J connectivity index is 1.18. The fourth-order valence-corrected chi connectivity index (χ4v) is 5.37. The van der Waals surface area contributed by atoms with Crippen molar-refractivity contribution in [1.82, 2.24) is 24.2 Å². The molecule has 1 aliphatic heterocycles. The third kappa shape index (κ3) is 6.54. The Morgan fingerprint density at radius 3 is 2.20 bits per heavy atom. The van der Waals surface area contributed by atoms with Crippen molar-refractivity contribution in [3.05, 3.63) is 108 Å². The van der Waals surface area contributed by atoms with Gasteiger partial charge in [-0.15, -0.1) is 0 Å². The van der Waals surface area contributed by atoms with Crippen molar-refractivity contribution < 1.29 is 14.4 Å². The Hall–Kier alpha value is -5.51. The number of carbonyl (C=O) groups is 3. The number of piperazine rings is 1. The number of fused-ring (bicyclic) bond motifs is 1.